The summed E-state index contributed by atoms with van der Waals surface area (Å²) in [6.45, 7) is 4.76. The molecule has 0 unspecified atom stereocenters. The van der Waals surface area contributed by atoms with Gasteiger partial charge >= 0.3 is 0 Å². The quantitative estimate of drug-likeness (QED) is 0.815. The Morgan fingerprint density at radius 2 is 2.28 bits per heavy atom. The Morgan fingerprint density at radius 3 is 3.00 bits per heavy atom. The van der Waals surface area contributed by atoms with Crippen LogP contribution in [0.25, 0.3) is 17.0 Å². The normalized spacial score (nSPS) is 15.7. The van der Waals surface area contributed by atoms with Gasteiger partial charge in [-0.15, -0.1) is 0 Å². The molecule has 0 saturated heterocycles. The summed E-state index contributed by atoms with van der Waals surface area (Å²) in [5.74, 6) is 1.64. The zero-order chi connectivity index (χ0) is 12.5. The zero-order valence-electron chi connectivity index (χ0n) is 10.8. The standard InChI is InChI=1S/C15H17NO2/c1-3-4-13-14(17-9-11-5-6-11)8-7-12-10(2)16-18-15(12)13/h3-4,7-8,11H,5-6,9H2,1-2H3/b4-3-. The Labute approximate surface area is 106 Å². The van der Waals surface area contributed by atoms with Gasteiger partial charge < -0.3 is 9.26 Å². The van der Waals surface area contributed by atoms with Gasteiger partial charge in [-0.2, -0.15) is 0 Å². The third kappa shape index (κ3) is 2.01. The summed E-state index contributed by atoms with van der Waals surface area (Å²) in [5, 5.41) is 5.08. The topological polar surface area (TPSA) is 35.3 Å². The van der Waals surface area contributed by atoms with E-state index >= 15 is 0 Å². The van der Waals surface area contributed by atoms with Crippen molar-refractivity contribution < 1.29 is 9.26 Å². The highest BCUT2D eigenvalue weighted by atomic mass is 16.5. The molecule has 1 aliphatic rings. The van der Waals surface area contributed by atoms with E-state index < -0.39 is 0 Å². The minimum Gasteiger partial charge on any atom is -0.493 e. The fourth-order valence-corrected chi connectivity index (χ4v) is 2.07. The molecule has 94 valence electrons. The van der Waals surface area contributed by atoms with Gasteiger partial charge in [0.25, 0.3) is 0 Å². The first-order valence-corrected chi connectivity index (χ1v) is 6.44. The van der Waals surface area contributed by atoms with Crippen LogP contribution in [0.15, 0.2) is 22.7 Å². The van der Waals surface area contributed by atoms with Crippen molar-refractivity contribution in [3.05, 3.63) is 29.5 Å². The van der Waals surface area contributed by atoms with Gasteiger partial charge in [-0.1, -0.05) is 17.3 Å². The van der Waals surface area contributed by atoms with Crippen LogP contribution in [-0.4, -0.2) is 11.8 Å². The zero-order valence-corrected chi connectivity index (χ0v) is 10.8. The van der Waals surface area contributed by atoms with Crippen molar-refractivity contribution in [2.24, 2.45) is 5.92 Å². The second kappa shape index (κ2) is 4.48. The summed E-state index contributed by atoms with van der Waals surface area (Å²) >= 11 is 0. The maximum Gasteiger partial charge on any atom is 0.178 e. The second-order valence-electron chi connectivity index (χ2n) is 4.88. The van der Waals surface area contributed by atoms with Crippen LogP contribution in [0.3, 0.4) is 0 Å². The molecule has 1 aliphatic carbocycles. The number of fused-ring (bicyclic) bond motifs is 1. The van der Waals surface area contributed by atoms with Crippen LogP contribution < -0.4 is 4.74 Å². The highest BCUT2D eigenvalue weighted by Gasteiger charge is 2.23. The average Bonchev–Trinajstić information content (AvgIpc) is 3.12. The first-order chi connectivity index (χ1) is 8.79. The molecule has 1 aromatic heterocycles. The Morgan fingerprint density at radius 1 is 1.44 bits per heavy atom. The van der Waals surface area contributed by atoms with Crippen molar-refractivity contribution in [1.29, 1.82) is 0 Å². The lowest BCUT2D eigenvalue weighted by molar-refractivity contribution is 0.299. The van der Waals surface area contributed by atoms with E-state index in [2.05, 4.69) is 5.16 Å². The maximum absolute atomic E-state index is 5.89. The van der Waals surface area contributed by atoms with Crippen LogP contribution in [0.1, 0.15) is 31.0 Å². The number of benzene rings is 1. The molecule has 0 N–H and O–H groups in total. The van der Waals surface area contributed by atoms with Crippen molar-refractivity contribution in [2.75, 3.05) is 6.61 Å². The molecule has 0 radical (unpaired) electrons. The fourth-order valence-electron chi connectivity index (χ4n) is 2.07. The molecule has 0 spiro atoms. The average molecular weight is 243 g/mol. The van der Waals surface area contributed by atoms with Crippen LogP contribution in [0.5, 0.6) is 5.75 Å². The molecule has 0 aliphatic heterocycles. The summed E-state index contributed by atoms with van der Waals surface area (Å²) in [4.78, 5) is 0. The van der Waals surface area contributed by atoms with Crippen LogP contribution in [0, 0.1) is 12.8 Å². The molecule has 1 saturated carbocycles. The van der Waals surface area contributed by atoms with Gasteiger partial charge in [0.15, 0.2) is 5.58 Å². The highest BCUT2D eigenvalue weighted by molar-refractivity contribution is 5.89. The molecule has 1 heterocycles. The maximum atomic E-state index is 5.89. The number of allylic oxidation sites excluding steroid dienone is 1. The van der Waals surface area contributed by atoms with Gasteiger partial charge in [0, 0.05) is 5.39 Å². The third-order valence-electron chi connectivity index (χ3n) is 3.32. The van der Waals surface area contributed by atoms with Gasteiger partial charge in [-0.25, -0.2) is 0 Å². The van der Waals surface area contributed by atoms with Crippen LogP contribution in [-0.2, 0) is 0 Å². The van der Waals surface area contributed by atoms with E-state index in [0.717, 1.165) is 40.5 Å². The largest absolute Gasteiger partial charge is 0.493 e. The Bertz CT molecular complexity index is 594. The molecule has 0 bridgehead atoms. The minimum absolute atomic E-state index is 0.746. The SMILES string of the molecule is C/C=C\c1c(OCC2CC2)ccc2c(C)noc12. The smallest absolute Gasteiger partial charge is 0.178 e. The van der Waals surface area contributed by atoms with E-state index in [-0.39, 0.29) is 0 Å². The summed E-state index contributed by atoms with van der Waals surface area (Å²) < 4.78 is 11.3. The predicted molar refractivity (Wildman–Crippen MR) is 71.7 cm³/mol. The van der Waals surface area contributed by atoms with Crippen LogP contribution in [0.2, 0.25) is 0 Å². The third-order valence-corrected chi connectivity index (χ3v) is 3.32. The summed E-state index contributed by atoms with van der Waals surface area (Å²) in [5.41, 5.74) is 2.74. The van der Waals surface area contributed by atoms with Crippen LogP contribution >= 0.6 is 0 Å². The molecular weight excluding hydrogens is 226 g/mol. The molecule has 0 atom stereocenters. The van der Waals surface area contributed by atoms with E-state index in [9.17, 15) is 0 Å². The van der Waals surface area contributed by atoms with Crippen molar-refractivity contribution in [3.63, 3.8) is 0 Å². The van der Waals surface area contributed by atoms with Crippen molar-refractivity contribution in [3.8, 4) is 5.75 Å². The van der Waals surface area contributed by atoms with Gasteiger partial charge in [0.2, 0.25) is 0 Å². The monoisotopic (exact) mass is 243 g/mol. The first-order valence-electron chi connectivity index (χ1n) is 6.44. The van der Waals surface area contributed by atoms with E-state index in [1.54, 1.807) is 0 Å². The predicted octanol–water partition coefficient (Wildman–Crippen LogP) is 3.96. The Balaban J connectivity index is 2.02. The number of ether oxygens (including phenoxy) is 1. The molecule has 1 fully saturated rings. The van der Waals surface area contributed by atoms with Gasteiger partial charge in [-0.3, -0.25) is 0 Å². The number of aryl methyl sites for hydroxylation is 1. The molecule has 18 heavy (non-hydrogen) atoms. The van der Waals surface area contributed by atoms with Gasteiger partial charge in [0.05, 0.1) is 17.9 Å². The Hall–Kier alpha value is -1.77. The summed E-state index contributed by atoms with van der Waals surface area (Å²) in [6, 6.07) is 4.04. The molecule has 1 aromatic carbocycles. The number of nitrogens with zero attached hydrogens (tertiary/aromatic N) is 1. The fraction of sp³-hybridized carbons (Fsp3) is 0.400. The van der Waals surface area contributed by atoms with Gasteiger partial charge in [0.1, 0.15) is 5.75 Å². The molecule has 3 rings (SSSR count). The molecule has 3 nitrogen and oxygen atoms in total. The highest BCUT2D eigenvalue weighted by Crippen LogP contribution is 2.34. The molecule has 3 heteroatoms. The first kappa shape index (κ1) is 11.3. The Kier molecular flexibility index (Phi) is 2.82. The number of rotatable bonds is 4. The molecule has 2 aromatic rings. The second-order valence-corrected chi connectivity index (χ2v) is 4.88. The van der Waals surface area contributed by atoms with Crippen molar-refractivity contribution in [2.45, 2.75) is 26.7 Å². The molecular formula is C15H17NO2. The van der Waals surface area contributed by atoms with E-state index in [1.165, 1.54) is 12.8 Å². The molecule has 0 amide bonds. The number of aromatic nitrogens is 1. The van der Waals surface area contributed by atoms with Crippen LogP contribution in [0.4, 0.5) is 0 Å². The lowest BCUT2D eigenvalue weighted by atomic mass is 10.1. The minimum atomic E-state index is 0.746. The van der Waals surface area contributed by atoms with Crippen molar-refractivity contribution in [1.82, 2.24) is 5.16 Å². The van der Waals surface area contributed by atoms with E-state index in [0.29, 0.717) is 0 Å². The van der Waals surface area contributed by atoms with Crippen molar-refractivity contribution >= 4 is 17.0 Å². The van der Waals surface area contributed by atoms with E-state index in [1.807, 2.05) is 38.1 Å². The number of hydrogen-bond acceptors (Lipinski definition) is 3. The van der Waals surface area contributed by atoms with Gasteiger partial charge in [-0.05, 0) is 44.7 Å². The summed E-state index contributed by atoms with van der Waals surface area (Å²) in [6.07, 6.45) is 6.61. The van der Waals surface area contributed by atoms with E-state index in [4.69, 9.17) is 9.26 Å². The number of hydrogen-bond donors (Lipinski definition) is 0. The summed E-state index contributed by atoms with van der Waals surface area (Å²) in [7, 11) is 0. The lowest BCUT2D eigenvalue weighted by Crippen LogP contribution is -2.00. The lowest BCUT2D eigenvalue weighted by Gasteiger charge is -2.08.